The summed E-state index contributed by atoms with van der Waals surface area (Å²) in [6, 6.07) is 15.8. The van der Waals surface area contributed by atoms with Crippen LogP contribution in [0.4, 0.5) is 5.95 Å². The van der Waals surface area contributed by atoms with Crippen molar-refractivity contribution < 1.29 is 0 Å². The van der Waals surface area contributed by atoms with Gasteiger partial charge in [0.1, 0.15) is 0 Å². The number of benzene rings is 2. The molecular weight excluding hydrogens is 430 g/mol. The van der Waals surface area contributed by atoms with E-state index < -0.39 is 11.2 Å². The summed E-state index contributed by atoms with van der Waals surface area (Å²) in [6.45, 7) is 2.91. The number of imidazole rings is 1. The molecule has 0 saturated carbocycles. The van der Waals surface area contributed by atoms with E-state index in [-0.39, 0.29) is 11.2 Å². The van der Waals surface area contributed by atoms with Gasteiger partial charge in [-0.2, -0.15) is 10.2 Å². The second kappa shape index (κ2) is 8.00. The maximum atomic E-state index is 13.0. The van der Waals surface area contributed by atoms with Crippen LogP contribution in [0.25, 0.3) is 22.5 Å². The fourth-order valence-electron chi connectivity index (χ4n) is 3.93. The number of rotatable bonds is 3. The van der Waals surface area contributed by atoms with E-state index >= 15 is 0 Å². The number of piperazine rings is 1. The van der Waals surface area contributed by atoms with Gasteiger partial charge in [0.25, 0.3) is 5.56 Å². The molecule has 10 heteroatoms. The van der Waals surface area contributed by atoms with Crippen molar-refractivity contribution in [2.75, 3.05) is 31.1 Å². The highest BCUT2D eigenvalue weighted by atomic mass is 35.5. The molecule has 0 bridgehead atoms. The van der Waals surface area contributed by atoms with Crippen molar-refractivity contribution in [1.82, 2.24) is 24.4 Å². The summed E-state index contributed by atoms with van der Waals surface area (Å²) in [5.74, 6) is 0.535. The van der Waals surface area contributed by atoms with Crippen LogP contribution in [0.2, 0.25) is 5.02 Å². The van der Waals surface area contributed by atoms with Gasteiger partial charge < -0.3 is 10.2 Å². The van der Waals surface area contributed by atoms with E-state index in [0.29, 0.717) is 41.0 Å². The third-order valence-electron chi connectivity index (χ3n) is 5.44. The molecular formula is C22H18ClN7O2. The molecule has 32 heavy (non-hydrogen) atoms. The molecule has 2 aromatic heterocycles. The number of halogens is 1. The van der Waals surface area contributed by atoms with Crippen LogP contribution in [0.1, 0.15) is 5.56 Å². The number of nitriles is 1. The van der Waals surface area contributed by atoms with Gasteiger partial charge in [0, 0.05) is 26.2 Å². The van der Waals surface area contributed by atoms with Gasteiger partial charge in [-0.3, -0.25) is 14.3 Å². The van der Waals surface area contributed by atoms with Crippen molar-refractivity contribution >= 4 is 28.7 Å². The Labute approximate surface area is 187 Å². The van der Waals surface area contributed by atoms with Crippen LogP contribution in [0.15, 0.2) is 58.1 Å². The SMILES string of the molecule is N#Cc1ccc(-n2c(=O)[nH]c(=O)c3c2nc(N2CCNCC2)n3-c2ccccc2Cl)cc1. The largest absolute Gasteiger partial charge is 0.339 e. The zero-order valence-corrected chi connectivity index (χ0v) is 17.6. The summed E-state index contributed by atoms with van der Waals surface area (Å²) in [6.07, 6.45) is 0. The first-order chi connectivity index (χ1) is 15.6. The molecule has 4 aromatic rings. The van der Waals surface area contributed by atoms with Gasteiger partial charge in [0.2, 0.25) is 5.95 Å². The zero-order valence-electron chi connectivity index (χ0n) is 16.9. The van der Waals surface area contributed by atoms with Crippen molar-refractivity contribution in [3.63, 3.8) is 0 Å². The minimum atomic E-state index is -0.608. The number of aromatic nitrogens is 4. The number of nitrogens with zero attached hydrogens (tertiary/aromatic N) is 5. The lowest BCUT2D eigenvalue weighted by Gasteiger charge is -2.28. The molecule has 3 heterocycles. The first-order valence-electron chi connectivity index (χ1n) is 10.1. The second-order valence-electron chi connectivity index (χ2n) is 7.36. The number of aromatic amines is 1. The minimum absolute atomic E-state index is 0.218. The van der Waals surface area contributed by atoms with Gasteiger partial charge in [-0.15, -0.1) is 0 Å². The fraction of sp³-hybridized carbons (Fsp3) is 0.182. The second-order valence-corrected chi connectivity index (χ2v) is 7.77. The third-order valence-corrected chi connectivity index (χ3v) is 5.76. The predicted octanol–water partition coefficient (Wildman–Crippen LogP) is 1.80. The summed E-state index contributed by atoms with van der Waals surface area (Å²) in [5, 5.41) is 12.9. The lowest BCUT2D eigenvalue weighted by molar-refractivity contribution is 0.578. The molecule has 1 aliphatic rings. The van der Waals surface area contributed by atoms with Gasteiger partial charge in [-0.1, -0.05) is 23.7 Å². The first kappa shape index (κ1) is 20.1. The predicted molar refractivity (Wildman–Crippen MR) is 122 cm³/mol. The van der Waals surface area contributed by atoms with Crippen LogP contribution in [0.3, 0.4) is 0 Å². The maximum absolute atomic E-state index is 13.0. The molecule has 0 unspecified atom stereocenters. The standard InChI is InChI=1S/C22H18ClN7O2/c23-16-3-1-2-4-17(16)30-18-19(26-21(30)28-11-9-25-10-12-28)29(22(32)27-20(18)31)15-7-5-14(13-24)6-8-15/h1-8,25H,9-12H2,(H,27,31,32). The van der Waals surface area contributed by atoms with E-state index in [4.69, 9.17) is 21.8 Å². The van der Waals surface area contributed by atoms with E-state index in [2.05, 4.69) is 21.3 Å². The molecule has 0 aliphatic carbocycles. The zero-order chi connectivity index (χ0) is 22.2. The number of H-pyrrole nitrogens is 1. The summed E-state index contributed by atoms with van der Waals surface area (Å²) in [7, 11) is 0. The number of anilines is 1. The van der Waals surface area contributed by atoms with Crippen molar-refractivity contribution in [2.45, 2.75) is 0 Å². The summed E-state index contributed by atoms with van der Waals surface area (Å²) in [4.78, 5) is 35.1. The average molecular weight is 448 g/mol. The molecule has 160 valence electrons. The average Bonchev–Trinajstić information content (AvgIpc) is 3.21. The molecule has 1 saturated heterocycles. The number of para-hydroxylation sites is 1. The van der Waals surface area contributed by atoms with E-state index in [9.17, 15) is 9.59 Å². The first-order valence-corrected chi connectivity index (χ1v) is 10.4. The molecule has 1 fully saturated rings. The summed E-state index contributed by atoms with van der Waals surface area (Å²) >= 11 is 6.51. The third kappa shape index (κ3) is 3.26. The molecule has 5 rings (SSSR count). The molecule has 0 spiro atoms. The summed E-state index contributed by atoms with van der Waals surface area (Å²) in [5.41, 5.74) is 0.830. The van der Waals surface area contributed by atoms with E-state index in [1.165, 1.54) is 4.57 Å². The van der Waals surface area contributed by atoms with Gasteiger partial charge in [0.15, 0.2) is 11.2 Å². The van der Waals surface area contributed by atoms with Gasteiger partial charge >= 0.3 is 5.69 Å². The molecule has 0 amide bonds. The monoisotopic (exact) mass is 447 g/mol. The lowest BCUT2D eigenvalue weighted by atomic mass is 10.2. The van der Waals surface area contributed by atoms with Crippen molar-refractivity contribution in [3.8, 4) is 17.4 Å². The maximum Gasteiger partial charge on any atom is 0.334 e. The Morgan fingerprint density at radius 2 is 1.72 bits per heavy atom. The highest BCUT2D eigenvalue weighted by Gasteiger charge is 2.25. The normalized spacial score (nSPS) is 13.9. The Morgan fingerprint density at radius 3 is 2.41 bits per heavy atom. The summed E-state index contributed by atoms with van der Waals surface area (Å²) < 4.78 is 3.05. The van der Waals surface area contributed by atoms with Crippen LogP contribution in [-0.4, -0.2) is 45.3 Å². The Balaban J connectivity index is 1.87. The molecule has 2 N–H and O–H groups in total. The van der Waals surface area contributed by atoms with Crippen LogP contribution in [0, 0.1) is 11.3 Å². The quantitative estimate of drug-likeness (QED) is 0.495. The van der Waals surface area contributed by atoms with Gasteiger partial charge in [0.05, 0.1) is 28.0 Å². The van der Waals surface area contributed by atoms with E-state index in [1.807, 2.05) is 18.2 Å². The van der Waals surface area contributed by atoms with Crippen LogP contribution in [-0.2, 0) is 0 Å². The Bertz CT molecular complexity index is 1470. The molecule has 0 atom stereocenters. The highest BCUT2D eigenvalue weighted by Crippen LogP contribution is 2.30. The van der Waals surface area contributed by atoms with E-state index in [0.717, 1.165) is 13.1 Å². The van der Waals surface area contributed by atoms with Crippen LogP contribution >= 0.6 is 11.6 Å². The highest BCUT2D eigenvalue weighted by molar-refractivity contribution is 6.32. The lowest BCUT2D eigenvalue weighted by Crippen LogP contribution is -2.44. The van der Waals surface area contributed by atoms with Crippen LogP contribution < -0.4 is 21.5 Å². The number of hydrogen-bond acceptors (Lipinski definition) is 6. The van der Waals surface area contributed by atoms with Gasteiger partial charge in [-0.25, -0.2) is 9.36 Å². The van der Waals surface area contributed by atoms with E-state index in [1.54, 1.807) is 34.9 Å². The topological polar surface area (TPSA) is 112 Å². The smallest absolute Gasteiger partial charge is 0.334 e. The van der Waals surface area contributed by atoms with Gasteiger partial charge in [-0.05, 0) is 36.4 Å². The number of fused-ring (bicyclic) bond motifs is 1. The van der Waals surface area contributed by atoms with Crippen molar-refractivity contribution in [1.29, 1.82) is 5.26 Å². The Morgan fingerprint density at radius 1 is 1.00 bits per heavy atom. The molecule has 2 aromatic carbocycles. The Hall–Kier alpha value is -3.87. The Kier molecular flexibility index (Phi) is 5.01. The fourth-order valence-corrected chi connectivity index (χ4v) is 4.15. The molecule has 1 aliphatic heterocycles. The van der Waals surface area contributed by atoms with Crippen LogP contribution in [0.5, 0.6) is 0 Å². The van der Waals surface area contributed by atoms with Crippen molar-refractivity contribution in [2.24, 2.45) is 0 Å². The number of hydrogen-bond donors (Lipinski definition) is 2. The van der Waals surface area contributed by atoms with Crippen molar-refractivity contribution in [3.05, 3.63) is 80.0 Å². The molecule has 9 nitrogen and oxygen atoms in total. The number of nitrogens with one attached hydrogen (secondary N) is 2. The molecule has 0 radical (unpaired) electrons. The minimum Gasteiger partial charge on any atom is -0.339 e.